The molecule has 1 aliphatic rings. The molecule has 2 aromatic carbocycles. The van der Waals surface area contributed by atoms with E-state index >= 15 is 0 Å². The largest absolute Gasteiger partial charge is 0.396 e. The summed E-state index contributed by atoms with van der Waals surface area (Å²) in [5, 5.41) is 14.7. The topological polar surface area (TPSA) is 52.6 Å². The molecule has 0 spiro atoms. The van der Waals surface area contributed by atoms with Crippen LogP contribution in [-0.4, -0.2) is 48.0 Å². The van der Waals surface area contributed by atoms with Crippen LogP contribution in [0.5, 0.6) is 0 Å². The minimum atomic E-state index is -0.00305. The average Bonchev–Trinajstić information content (AvgIpc) is 3.11. The van der Waals surface area contributed by atoms with Gasteiger partial charge in [0, 0.05) is 43.7 Å². The monoisotopic (exact) mass is 344 g/mol. The van der Waals surface area contributed by atoms with Crippen LogP contribution in [-0.2, 0) is 5.75 Å². The van der Waals surface area contributed by atoms with Crippen LogP contribution in [0.4, 0.5) is 4.79 Å². The molecule has 0 saturated carbocycles. The summed E-state index contributed by atoms with van der Waals surface area (Å²) >= 11 is 1.84. The van der Waals surface area contributed by atoms with E-state index in [1.807, 2.05) is 11.8 Å². The predicted octanol–water partition coefficient (Wildman–Crippen LogP) is 3.10. The number of fused-ring (bicyclic) bond motifs is 1. The summed E-state index contributed by atoms with van der Waals surface area (Å²) in [5.41, 5.74) is 1.34. The van der Waals surface area contributed by atoms with Crippen LogP contribution in [0.3, 0.4) is 0 Å². The van der Waals surface area contributed by atoms with E-state index in [-0.39, 0.29) is 18.6 Å². The first-order chi connectivity index (χ1) is 11.8. The second-order valence-corrected chi connectivity index (χ2v) is 7.31. The van der Waals surface area contributed by atoms with Gasteiger partial charge in [-0.1, -0.05) is 42.5 Å². The van der Waals surface area contributed by atoms with E-state index in [1.165, 1.54) is 16.3 Å². The lowest BCUT2D eigenvalue weighted by atomic mass is 10.1. The quantitative estimate of drug-likeness (QED) is 0.792. The second-order valence-electron chi connectivity index (χ2n) is 6.21. The van der Waals surface area contributed by atoms with E-state index < -0.39 is 0 Å². The standard InChI is InChI=1S/C19H24N2O2S/c22-13-15-8-10-21(12-15)19(23)20-9-11-24-14-17-6-3-5-16-4-1-2-7-18(16)17/h1-7,15,22H,8-14H2,(H,20,23)/t15-/m1/s1. The Hall–Kier alpha value is -1.72. The van der Waals surface area contributed by atoms with Crippen molar-refractivity contribution >= 4 is 28.6 Å². The highest BCUT2D eigenvalue weighted by molar-refractivity contribution is 7.98. The molecule has 2 N–H and O–H groups in total. The number of hydrogen-bond donors (Lipinski definition) is 2. The van der Waals surface area contributed by atoms with Crippen LogP contribution >= 0.6 is 11.8 Å². The zero-order chi connectivity index (χ0) is 16.8. The third kappa shape index (κ3) is 4.22. The number of nitrogens with zero attached hydrogens (tertiary/aromatic N) is 1. The number of carbonyl (C=O) groups is 1. The molecule has 0 aromatic heterocycles. The molecular weight excluding hydrogens is 320 g/mol. The molecule has 2 aromatic rings. The van der Waals surface area contributed by atoms with Gasteiger partial charge in [0.2, 0.25) is 0 Å². The summed E-state index contributed by atoms with van der Waals surface area (Å²) in [5.74, 6) is 2.09. The fourth-order valence-corrected chi connectivity index (χ4v) is 3.97. The molecule has 1 saturated heterocycles. The summed E-state index contributed by atoms with van der Waals surface area (Å²) < 4.78 is 0. The molecule has 128 valence electrons. The van der Waals surface area contributed by atoms with E-state index in [1.54, 1.807) is 4.90 Å². The predicted molar refractivity (Wildman–Crippen MR) is 100 cm³/mol. The summed E-state index contributed by atoms with van der Waals surface area (Å²) in [7, 11) is 0. The Morgan fingerprint density at radius 2 is 2.08 bits per heavy atom. The van der Waals surface area contributed by atoms with Crippen molar-refractivity contribution in [3.8, 4) is 0 Å². The van der Waals surface area contributed by atoms with Gasteiger partial charge in [-0.25, -0.2) is 4.79 Å². The first kappa shape index (κ1) is 17.1. The van der Waals surface area contributed by atoms with Crippen LogP contribution < -0.4 is 5.32 Å². The molecule has 3 rings (SSSR count). The Labute approximate surface area is 147 Å². The SMILES string of the molecule is O=C(NCCSCc1cccc2ccccc12)N1CC[C@@H](CO)C1. The normalized spacial score (nSPS) is 17.4. The Kier molecular flexibility index (Phi) is 5.99. The minimum absolute atomic E-state index is 0.00305. The highest BCUT2D eigenvalue weighted by Gasteiger charge is 2.25. The maximum absolute atomic E-state index is 12.0. The molecule has 4 nitrogen and oxygen atoms in total. The van der Waals surface area contributed by atoms with Crippen molar-refractivity contribution in [3.63, 3.8) is 0 Å². The van der Waals surface area contributed by atoms with Gasteiger partial charge in [0.05, 0.1) is 0 Å². The number of likely N-dealkylation sites (tertiary alicyclic amines) is 1. The lowest BCUT2D eigenvalue weighted by Gasteiger charge is -2.17. The number of carbonyl (C=O) groups excluding carboxylic acids is 1. The zero-order valence-electron chi connectivity index (χ0n) is 13.8. The lowest BCUT2D eigenvalue weighted by molar-refractivity contribution is 0.199. The van der Waals surface area contributed by atoms with Crippen LogP contribution in [0, 0.1) is 5.92 Å². The number of nitrogens with one attached hydrogen (secondary N) is 1. The second kappa shape index (κ2) is 8.40. The van der Waals surface area contributed by atoms with Gasteiger partial charge >= 0.3 is 6.03 Å². The molecule has 1 fully saturated rings. The molecule has 0 aliphatic carbocycles. The van der Waals surface area contributed by atoms with E-state index in [0.29, 0.717) is 13.1 Å². The van der Waals surface area contributed by atoms with Crippen molar-refractivity contribution in [3.05, 3.63) is 48.0 Å². The average molecular weight is 344 g/mol. The number of hydrogen-bond acceptors (Lipinski definition) is 3. The fourth-order valence-electron chi connectivity index (χ4n) is 3.11. The van der Waals surface area contributed by atoms with Gasteiger partial charge in [-0.15, -0.1) is 0 Å². The summed E-state index contributed by atoms with van der Waals surface area (Å²) in [6.07, 6.45) is 0.903. The third-order valence-corrected chi connectivity index (χ3v) is 5.50. The maximum atomic E-state index is 12.0. The molecule has 0 radical (unpaired) electrons. The van der Waals surface area contributed by atoms with Crippen LogP contribution in [0.1, 0.15) is 12.0 Å². The fraction of sp³-hybridized carbons (Fsp3) is 0.421. The first-order valence-corrected chi connectivity index (χ1v) is 9.61. The third-order valence-electron chi connectivity index (χ3n) is 4.49. The van der Waals surface area contributed by atoms with E-state index in [0.717, 1.165) is 24.5 Å². The highest BCUT2D eigenvalue weighted by Crippen LogP contribution is 2.22. The number of benzene rings is 2. The van der Waals surface area contributed by atoms with Gasteiger partial charge in [0.25, 0.3) is 0 Å². The van der Waals surface area contributed by atoms with Crippen molar-refractivity contribution in [1.82, 2.24) is 10.2 Å². The molecule has 2 amide bonds. The molecule has 0 bridgehead atoms. The van der Waals surface area contributed by atoms with Gasteiger partial charge in [0.1, 0.15) is 0 Å². The molecule has 1 atom stereocenters. The molecular formula is C19H24N2O2S. The van der Waals surface area contributed by atoms with Gasteiger partial charge in [0.15, 0.2) is 0 Å². The van der Waals surface area contributed by atoms with Crippen molar-refractivity contribution in [2.24, 2.45) is 5.92 Å². The van der Waals surface area contributed by atoms with Crippen LogP contribution in [0.2, 0.25) is 0 Å². The van der Waals surface area contributed by atoms with Gasteiger partial charge in [-0.05, 0) is 22.8 Å². The Morgan fingerprint density at radius 3 is 2.92 bits per heavy atom. The number of thioether (sulfide) groups is 1. The summed E-state index contributed by atoms with van der Waals surface area (Å²) in [6, 6.07) is 14.9. The number of aliphatic hydroxyl groups excluding tert-OH is 1. The van der Waals surface area contributed by atoms with Crippen molar-refractivity contribution in [2.45, 2.75) is 12.2 Å². The summed E-state index contributed by atoms with van der Waals surface area (Å²) in [4.78, 5) is 13.8. The van der Waals surface area contributed by atoms with Crippen molar-refractivity contribution < 1.29 is 9.90 Å². The van der Waals surface area contributed by atoms with Crippen molar-refractivity contribution in [1.29, 1.82) is 0 Å². The Morgan fingerprint density at radius 1 is 1.25 bits per heavy atom. The molecule has 0 unspecified atom stereocenters. The van der Waals surface area contributed by atoms with Gasteiger partial charge < -0.3 is 15.3 Å². The van der Waals surface area contributed by atoms with Gasteiger partial charge in [-0.2, -0.15) is 11.8 Å². The number of amides is 2. The van der Waals surface area contributed by atoms with E-state index in [9.17, 15) is 4.79 Å². The van der Waals surface area contributed by atoms with E-state index in [4.69, 9.17) is 5.11 Å². The smallest absolute Gasteiger partial charge is 0.317 e. The zero-order valence-corrected chi connectivity index (χ0v) is 14.6. The highest BCUT2D eigenvalue weighted by atomic mass is 32.2. The maximum Gasteiger partial charge on any atom is 0.317 e. The Bertz CT molecular complexity index is 687. The molecule has 1 aliphatic heterocycles. The first-order valence-electron chi connectivity index (χ1n) is 8.46. The number of aliphatic hydroxyl groups is 1. The number of rotatable bonds is 6. The lowest BCUT2D eigenvalue weighted by Crippen LogP contribution is -2.39. The van der Waals surface area contributed by atoms with Crippen LogP contribution in [0.15, 0.2) is 42.5 Å². The molecule has 1 heterocycles. The molecule has 5 heteroatoms. The molecule has 24 heavy (non-hydrogen) atoms. The van der Waals surface area contributed by atoms with E-state index in [2.05, 4.69) is 47.8 Å². The summed E-state index contributed by atoms with van der Waals surface area (Å²) in [6.45, 7) is 2.27. The van der Waals surface area contributed by atoms with Crippen molar-refractivity contribution in [2.75, 3.05) is 32.0 Å². The van der Waals surface area contributed by atoms with Gasteiger partial charge in [-0.3, -0.25) is 0 Å². The van der Waals surface area contributed by atoms with Crippen LogP contribution in [0.25, 0.3) is 10.8 Å². The minimum Gasteiger partial charge on any atom is -0.396 e. The number of urea groups is 1. The Balaban J connectivity index is 1.40.